The van der Waals surface area contributed by atoms with Crippen molar-refractivity contribution in [3.05, 3.63) is 59.3 Å². The number of aromatic nitrogens is 3. The topological polar surface area (TPSA) is 44.8 Å². The molecule has 4 heteroatoms. The van der Waals surface area contributed by atoms with Gasteiger partial charge in [0.05, 0.1) is 5.69 Å². The van der Waals surface area contributed by atoms with Crippen LogP contribution in [0.3, 0.4) is 0 Å². The molecule has 0 unspecified atom stereocenters. The first-order valence-corrected chi connectivity index (χ1v) is 8.48. The lowest BCUT2D eigenvalue weighted by Gasteiger charge is -2.28. The molecule has 1 aliphatic heterocycles. The number of benzene rings is 1. The van der Waals surface area contributed by atoms with Crippen LogP contribution in [0.1, 0.15) is 41.4 Å². The van der Waals surface area contributed by atoms with Gasteiger partial charge in [0, 0.05) is 43.5 Å². The molecular weight excluding hydrogens is 284 g/mol. The van der Waals surface area contributed by atoms with Crippen molar-refractivity contribution in [2.24, 2.45) is 0 Å². The van der Waals surface area contributed by atoms with Gasteiger partial charge >= 0.3 is 0 Å². The fraction of sp³-hybridized carbons (Fsp3) is 0.368. The highest BCUT2D eigenvalue weighted by Gasteiger charge is 2.28. The molecule has 1 aromatic carbocycles. The third kappa shape index (κ3) is 2.53. The van der Waals surface area contributed by atoms with Gasteiger partial charge in [-0.15, -0.1) is 0 Å². The van der Waals surface area contributed by atoms with Gasteiger partial charge in [-0.1, -0.05) is 6.07 Å². The molecule has 5 rings (SSSR count). The van der Waals surface area contributed by atoms with E-state index in [-0.39, 0.29) is 0 Å². The Morgan fingerprint density at radius 3 is 3.09 bits per heavy atom. The van der Waals surface area contributed by atoms with Gasteiger partial charge in [-0.3, -0.25) is 4.90 Å². The molecule has 3 heterocycles. The highest BCUT2D eigenvalue weighted by Crippen LogP contribution is 2.38. The Morgan fingerprint density at radius 2 is 2.17 bits per heavy atom. The summed E-state index contributed by atoms with van der Waals surface area (Å²) in [6.45, 7) is 3.02. The average Bonchev–Trinajstić information content (AvgIpc) is 3.32. The normalized spacial score (nSPS) is 18.3. The molecule has 1 aliphatic carbocycles. The average molecular weight is 304 g/mol. The van der Waals surface area contributed by atoms with Crippen molar-refractivity contribution in [3.8, 4) is 0 Å². The lowest BCUT2D eigenvalue weighted by atomic mass is 10.1. The van der Waals surface area contributed by atoms with Gasteiger partial charge in [-0.25, -0.2) is 9.97 Å². The second kappa shape index (κ2) is 5.17. The summed E-state index contributed by atoms with van der Waals surface area (Å²) in [6.07, 6.45) is 7.66. The number of rotatable bonds is 3. The maximum atomic E-state index is 4.85. The fourth-order valence-electron chi connectivity index (χ4n) is 3.51. The maximum Gasteiger partial charge on any atom is 0.131 e. The second-order valence-corrected chi connectivity index (χ2v) is 6.83. The number of H-pyrrole nitrogens is 1. The Kier molecular flexibility index (Phi) is 2.98. The van der Waals surface area contributed by atoms with Crippen LogP contribution >= 0.6 is 0 Å². The van der Waals surface area contributed by atoms with E-state index in [9.17, 15) is 0 Å². The van der Waals surface area contributed by atoms with Crippen LogP contribution in [0.25, 0.3) is 10.9 Å². The molecule has 4 nitrogen and oxygen atoms in total. The predicted octanol–water partition coefficient (Wildman–Crippen LogP) is 3.39. The van der Waals surface area contributed by atoms with Crippen LogP contribution in [0.5, 0.6) is 0 Å². The van der Waals surface area contributed by atoms with Crippen molar-refractivity contribution in [1.82, 2.24) is 19.9 Å². The molecule has 1 saturated carbocycles. The Bertz CT molecular complexity index is 863. The highest BCUT2D eigenvalue weighted by molar-refractivity contribution is 5.79. The summed E-state index contributed by atoms with van der Waals surface area (Å²) in [6, 6.07) is 8.83. The predicted molar refractivity (Wildman–Crippen MR) is 90.1 cm³/mol. The van der Waals surface area contributed by atoms with Gasteiger partial charge in [0.15, 0.2) is 0 Å². The van der Waals surface area contributed by atoms with E-state index < -0.39 is 0 Å². The minimum Gasteiger partial charge on any atom is -0.361 e. The van der Waals surface area contributed by atoms with E-state index in [4.69, 9.17) is 4.98 Å². The molecule has 0 radical (unpaired) electrons. The second-order valence-electron chi connectivity index (χ2n) is 6.83. The molecule has 116 valence electrons. The lowest BCUT2D eigenvalue weighted by Crippen LogP contribution is -2.31. The molecule has 1 N–H and O–H groups in total. The van der Waals surface area contributed by atoms with Gasteiger partial charge < -0.3 is 4.98 Å². The summed E-state index contributed by atoms with van der Waals surface area (Å²) in [5.41, 5.74) is 5.17. The molecule has 0 spiro atoms. The zero-order valence-electron chi connectivity index (χ0n) is 13.1. The van der Waals surface area contributed by atoms with Crippen molar-refractivity contribution in [1.29, 1.82) is 0 Å². The lowest BCUT2D eigenvalue weighted by molar-refractivity contribution is 0.241. The first-order valence-electron chi connectivity index (χ1n) is 8.48. The molecule has 23 heavy (non-hydrogen) atoms. The van der Waals surface area contributed by atoms with Crippen molar-refractivity contribution in [2.75, 3.05) is 6.54 Å². The molecule has 3 aromatic rings. The summed E-state index contributed by atoms with van der Waals surface area (Å²) in [7, 11) is 0. The number of nitrogens with one attached hydrogen (secondary N) is 1. The summed E-state index contributed by atoms with van der Waals surface area (Å²) in [4.78, 5) is 15.2. The van der Waals surface area contributed by atoms with Gasteiger partial charge in [-0.2, -0.15) is 0 Å². The van der Waals surface area contributed by atoms with Crippen molar-refractivity contribution in [3.63, 3.8) is 0 Å². The maximum absolute atomic E-state index is 4.85. The number of hydrogen-bond acceptors (Lipinski definition) is 3. The summed E-state index contributed by atoms with van der Waals surface area (Å²) in [5, 5.41) is 1.29. The van der Waals surface area contributed by atoms with Crippen LogP contribution in [0.2, 0.25) is 0 Å². The molecule has 2 aromatic heterocycles. The van der Waals surface area contributed by atoms with E-state index in [1.54, 1.807) is 0 Å². The van der Waals surface area contributed by atoms with E-state index in [1.165, 1.54) is 40.6 Å². The zero-order valence-corrected chi connectivity index (χ0v) is 13.1. The van der Waals surface area contributed by atoms with Gasteiger partial charge in [0.1, 0.15) is 5.82 Å². The minimum absolute atomic E-state index is 0.631. The third-order valence-electron chi connectivity index (χ3n) is 5.01. The molecule has 0 bridgehead atoms. The Morgan fingerprint density at radius 1 is 1.22 bits per heavy atom. The van der Waals surface area contributed by atoms with Crippen LogP contribution in [0.4, 0.5) is 0 Å². The van der Waals surface area contributed by atoms with E-state index in [0.29, 0.717) is 5.92 Å². The van der Waals surface area contributed by atoms with Crippen molar-refractivity contribution in [2.45, 2.75) is 38.3 Å². The summed E-state index contributed by atoms with van der Waals surface area (Å²) >= 11 is 0. The molecule has 2 aliphatic rings. The molecule has 0 saturated heterocycles. The third-order valence-corrected chi connectivity index (χ3v) is 5.01. The fourth-order valence-corrected chi connectivity index (χ4v) is 3.51. The van der Waals surface area contributed by atoms with Gasteiger partial charge in [0.2, 0.25) is 0 Å². The highest BCUT2D eigenvalue weighted by atomic mass is 15.1. The van der Waals surface area contributed by atoms with E-state index in [0.717, 1.165) is 31.9 Å². The first kappa shape index (κ1) is 13.3. The standard InChI is InChI=1S/C19H20N4/c1-4-17-15(5-7-20-17)9-13(1)11-23-8-6-16-10-21-19(14-2-3-14)22-18(16)12-23/h1,4-5,7,9-10,14,20H,2-3,6,8,11-12H2. The van der Waals surface area contributed by atoms with Gasteiger partial charge in [0.25, 0.3) is 0 Å². The van der Waals surface area contributed by atoms with Crippen LogP contribution in [-0.2, 0) is 19.5 Å². The minimum atomic E-state index is 0.631. The van der Waals surface area contributed by atoms with Crippen molar-refractivity contribution < 1.29 is 0 Å². The van der Waals surface area contributed by atoms with Gasteiger partial charge in [-0.05, 0) is 54.0 Å². The Labute approximate surface area is 135 Å². The number of aromatic amines is 1. The monoisotopic (exact) mass is 304 g/mol. The number of fused-ring (bicyclic) bond motifs is 2. The molecular formula is C19H20N4. The van der Waals surface area contributed by atoms with Crippen LogP contribution in [0, 0.1) is 0 Å². The van der Waals surface area contributed by atoms with E-state index >= 15 is 0 Å². The summed E-state index contributed by atoms with van der Waals surface area (Å²) < 4.78 is 0. The number of nitrogens with zero attached hydrogens (tertiary/aromatic N) is 3. The Hall–Kier alpha value is -2.20. The quantitative estimate of drug-likeness (QED) is 0.806. The van der Waals surface area contributed by atoms with Crippen molar-refractivity contribution >= 4 is 10.9 Å². The molecule has 0 amide bonds. The zero-order chi connectivity index (χ0) is 15.2. The molecule has 0 atom stereocenters. The Balaban J connectivity index is 1.36. The smallest absolute Gasteiger partial charge is 0.131 e. The van der Waals surface area contributed by atoms with E-state index in [2.05, 4.69) is 45.3 Å². The van der Waals surface area contributed by atoms with E-state index in [1.807, 2.05) is 6.20 Å². The largest absolute Gasteiger partial charge is 0.361 e. The van der Waals surface area contributed by atoms with Crippen LogP contribution in [-0.4, -0.2) is 26.4 Å². The SMILES string of the molecule is c1cc2cc(CN3CCc4cnc(C5CC5)nc4C3)ccc2[nH]1. The summed E-state index contributed by atoms with van der Waals surface area (Å²) in [5.74, 6) is 1.70. The molecule has 1 fully saturated rings. The van der Waals surface area contributed by atoms with Crippen LogP contribution in [0.15, 0.2) is 36.7 Å². The number of hydrogen-bond donors (Lipinski definition) is 1. The van der Waals surface area contributed by atoms with Crippen LogP contribution < -0.4 is 0 Å². The first-order chi connectivity index (χ1) is 11.3.